The van der Waals surface area contributed by atoms with Crippen LogP contribution in [0.2, 0.25) is 0 Å². The van der Waals surface area contributed by atoms with Crippen molar-refractivity contribution in [2.24, 2.45) is 0 Å². The van der Waals surface area contributed by atoms with Gasteiger partial charge in [0.1, 0.15) is 0 Å². The molecule has 0 bridgehead atoms. The second-order valence-corrected chi connectivity index (χ2v) is 9.35. The van der Waals surface area contributed by atoms with Crippen LogP contribution >= 0.6 is 0 Å². The maximum Gasteiger partial charge on any atom is 0.0918 e. The van der Waals surface area contributed by atoms with Crippen LogP contribution in [-0.2, 0) is 0 Å². The Hall–Kier alpha value is 0.690. The van der Waals surface area contributed by atoms with Crippen molar-refractivity contribution in [1.82, 2.24) is 0 Å². The van der Waals surface area contributed by atoms with Crippen LogP contribution in [0.1, 0.15) is 83.1 Å². The summed E-state index contributed by atoms with van der Waals surface area (Å²) in [6, 6.07) is 0. The molecule has 0 aliphatic carbocycles. The number of halogens is 1. The summed E-state index contributed by atoms with van der Waals surface area (Å²) in [6.07, 6.45) is 0. The quantitative estimate of drug-likeness (QED) is 0.453. The lowest BCUT2D eigenvalue weighted by Crippen LogP contribution is -3.00. The largest absolute Gasteiger partial charge is 1.00 e. The average molecular weight is 369 g/mol. The first-order valence-electron chi connectivity index (χ1n) is 6.89. The maximum atomic E-state index is 2.38. The molecule has 0 aliphatic rings. The first-order valence-corrected chi connectivity index (χ1v) is 6.89. The maximum absolute atomic E-state index is 2.38. The molecule has 0 aromatic heterocycles. The Balaban J connectivity index is 0. The third kappa shape index (κ3) is 3.05. The summed E-state index contributed by atoms with van der Waals surface area (Å²) in [7, 11) is 0. The van der Waals surface area contributed by atoms with Crippen LogP contribution in [0, 0.1) is 0 Å². The van der Waals surface area contributed by atoms with E-state index in [2.05, 4.69) is 83.1 Å². The zero-order valence-corrected chi connectivity index (χ0v) is 17.0. The van der Waals surface area contributed by atoms with Gasteiger partial charge < -0.3 is 28.5 Å². The Morgan fingerprint density at radius 2 is 0.500 bits per heavy atom. The van der Waals surface area contributed by atoms with Gasteiger partial charge in [0.2, 0.25) is 0 Å². The lowest BCUT2D eigenvalue weighted by atomic mass is 9.75. The first-order chi connectivity index (χ1) is 7.00. The first kappa shape index (κ1) is 21.0. The normalized spacial score (nSPS) is 15.3. The van der Waals surface area contributed by atoms with Crippen molar-refractivity contribution < 1.29 is 28.5 Å². The fraction of sp³-hybridized carbons (Fsp3) is 1.00. The molecule has 0 rings (SSSR count). The minimum absolute atomic E-state index is 0. The van der Waals surface area contributed by atoms with E-state index in [4.69, 9.17) is 0 Å². The molecule has 112 valence electrons. The summed E-state index contributed by atoms with van der Waals surface area (Å²) in [5.74, 6) is 0. The second-order valence-electron chi connectivity index (χ2n) is 9.35. The molecule has 0 spiro atoms. The molecule has 0 saturated heterocycles. The van der Waals surface area contributed by atoms with Crippen LogP contribution in [-0.4, -0.2) is 26.6 Å². The molecule has 0 fully saturated rings. The molecule has 0 aromatic carbocycles. The zero-order chi connectivity index (χ0) is 14.5. The Morgan fingerprint density at radius 3 is 0.500 bits per heavy atom. The molecule has 0 aliphatic heterocycles. The fourth-order valence-electron chi connectivity index (χ4n) is 6.04. The van der Waals surface area contributed by atoms with Crippen molar-refractivity contribution in [3.8, 4) is 0 Å². The minimum atomic E-state index is 0. The van der Waals surface area contributed by atoms with E-state index in [1.54, 1.807) is 0 Å². The SMILES string of the molecule is CC(C)(C)[N+](C(C)(C)C)(C(C)(C)C)C(C)(C)C.[I-]. The van der Waals surface area contributed by atoms with Crippen LogP contribution in [0.15, 0.2) is 0 Å². The van der Waals surface area contributed by atoms with E-state index in [0.29, 0.717) is 0 Å². The van der Waals surface area contributed by atoms with E-state index in [1.807, 2.05) is 0 Å². The molecular weight excluding hydrogens is 333 g/mol. The lowest BCUT2D eigenvalue weighted by Gasteiger charge is -2.70. The van der Waals surface area contributed by atoms with Crippen molar-refractivity contribution in [3.05, 3.63) is 0 Å². The fourth-order valence-corrected chi connectivity index (χ4v) is 6.04. The van der Waals surface area contributed by atoms with Crippen LogP contribution in [0.5, 0.6) is 0 Å². The molecule has 0 radical (unpaired) electrons. The molecule has 0 amide bonds. The average Bonchev–Trinajstić information content (AvgIpc) is 1.67. The number of nitrogens with zero attached hydrogens (tertiary/aromatic N) is 1. The Kier molecular flexibility index (Phi) is 6.10. The molecule has 0 unspecified atom stereocenters. The highest BCUT2D eigenvalue weighted by molar-refractivity contribution is 4.88. The van der Waals surface area contributed by atoms with Gasteiger partial charge in [0, 0.05) is 0 Å². The van der Waals surface area contributed by atoms with Crippen LogP contribution in [0.25, 0.3) is 0 Å². The molecular formula is C16H36IN. The molecule has 18 heavy (non-hydrogen) atoms. The van der Waals surface area contributed by atoms with Crippen LogP contribution < -0.4 is 24.0 Å². The predicted octanol–water partition coefficient (Wildman–Crippen LogP) is 2.00. The van der Waals surface area contributed by atoms with E-state index in [0.717, 1.165) is 4.48 Å². The summed E-state index contributed by atoms with van der Waals surface area (Å²) in [4.78, 5) is 0. The highest BCUT2D eigenvalue weighted by Crippen LogP contribution is 2.50. The van der Waals surface area contributed by atoms with Gasteiger partial charge in [-0.1, -0.05) is 0 Å². The zero-order valence-electron chi connectivity index (χ0n) is 14.8. The molecule has 0 saturated carbocycles. The number of rotatable bonds is 0. The van der Waals surface area contributed by atoms with Gasteiger partial charge in [-0.05, 0) is 83.1 Å². The van der Waals surface area contributed by atoms with E-state index >= 15 is 0 Å². The van der Waals surface area contributed by atoms with E-state index < -0.39 is 0 Å². The summed E-state index contributed by atoms with van der Waals surface area (Å²) in [5, 5.41) is 0. The van der Waals surface area contributed by atoms with Gasteiger partial charge >= 0.3 is 0 Å². The second kappa shape index (κ2) is 5.23. The van der Waals surface area contributed by atoms with Crippen LogP contribution in [0.3, 0.4) is 0 Å². The molecule has 0 aromatic rings. The van der Waals surface area contributed by atoms with Crippen molar-refractivity contribution >= 4 is 0 Å². The van der Waals surface area contributed by atoms with Crippen molar-refractivity contribution in [3.63, 3.8) is 0 Å². The van der Waals surface area contributed by atoms with Crippen molar-refractivity contribution in [2.75, 3.05) is 0 Å². The standard InChI is InChI=1S/C16H36N.HI/c1-13(2,3)17(14(4,5)6,15(7,8)9)16(10,11)12;/h1-12H3;1H/q+1;/p-1. The summed E-state index contributed by atoms with van der Waals surface area (Å²) in [6.45, 7) is 28.6. The summed E-state index contributed by atoms with van der Waals surface area (Å²) >= 11 is 0. The topological polar surface area (TPSA) is 0 Å². The van der Waals surface area contributed by atoms with E-state index in [1.165, 1.54) is 0 Å². The Morgan fingerprint density at radius 1 is 0.389 bits per heavy atom. The molecule has 2 heteroatoms. The monoisotopic (exact) mass is 369 g/mol. The Bertz CT molecular complexity index is 204. The highest BCUT2D eigenvalue weighted by Gasteiger charge is 2.62. The van der Waals surface area contributed by atoms with Gasteiger partial charge in [-0.15, -0.1) is 0 Å². The smallest absolute Gasteiger partial charge is 0.0918 e. The lowest BCUT2D eigenvalue weighted by molar-refractivity contribution is -1.08. The highest BCUT2D eigenvalue weighted by atomic mass is 127. The minimum Gasteiger partial charge on any atom is -1.00 e. The molecule has 1 nitrogen and oxygen atoms in total. The van der Waals surface area contributed by atoms with Crippen molar-refractivity contribution in [2.45, 2.75) is 105 Å². The van der Waals surface area contributed by atoms with E-state index in [9.17, 15) is 0 Å². The van der Waals surface area contributed by atoms with Gasteiger partial charge in [0.25, 0.3) is 0 Å². The molecule has 0 heterocycles. The third-order valence-corrected chi connectivity index (χ3v) is 4.02. The Labute approximate surface area is 133 Å². The molecule has 0 N–H and O–H groups in total. The van der Waals surface area contributed by atoms with E-state index in [-0.39, 0.29) is 46.1 Å². The molecule has 0 atom stereocenters. The number of hydrogen-bond donors (Lipinski definition) is 0. The number of quaternary nitrogens is 1. The van der Waals surface area contributed by atoms with Gasteiger partial charge in [0.05, 0.1) is 22.2 Å². The van der Waals surface area contributed by atoms with Crippen LogP contribution in [0.4, 0.5) is 0 Å². The van der Waals surface area contributed by atoms with Gasteiger partial charge in [-0.25, -0.2) is 0 Å². The van der Waals surface area contributed by atoms with Gasteiger partial charge in [-0.2, -0.15) is 0 Å². The van der Waals surface area contributed by atoms with Crippen molar-refractivity contribution in [1.29, 1.82) is 0 Å². The third-order valence-electron chi connectivity index (χ3n) is 4.02. The summed E-state index contributed by atoms with van der Waals surface area (Å²) in [5.41, 5.74) is 0.812. The predicted molar refractivity (Wildman–Crippen MR) is 79.3 cm³/mol. The van der Waals surface area contributed by atoms with Gasteiger partial charge in [0.15, 0.2) is 0 Å². The van der Waals surface area contributed by atoms with Gasteiger partial charge in [-0.3, -0.25) is 0 Å². The summed E-state index contributed by atoms with van der Waals surface area (Å²) < 4.78 is 1.08. The number of hydrogen-bond acceptors (Lipinski definition) is 0.